The number of benzene rings is 1. The molecule has 24 heavy (non-hydrogen) atoms. The van der Waals surface area contributed by atoms with Gasteiger partial charge < -0.3 is 9.64 Å². The Hall–Kier alpha value is -1.95. The molecule has 0 radical (unpaired) electrons. The highest BCUT2D eigenvalue weighted by atomic mass is 32.2. The van der Waals surface area contributed by atoms with Gasteiger partial charge in [0.2, 0.25) is 10.0 Å². The van der Waals surface area contributed by atoms with Crippen LogP contribution in [0.1, 0.15) is 28.8 Å². The number of carbonyl (C=O) groups excluding carboxylic acids is 1. The monoisotopic (exact) mass is 349 g/mol. The third kappa shape index (κ3) is 3.43. The first-order valence-corrected chi connectivity index (χ1v) is 9.68. The van der Waals surface area contributed by atoms with Gasteiger partial charge in [0.25, 0.3) is 5.91 Å². The van der Waals surface area contributed by atoms with Crippen LogP contribution >= 0.6 is 0 Å². The van der Waals surface area contributed by atoms with Crippen LogP contribution in [0, 0.1) is 11.3 Å². The van der Waals surface area contributed by atoms with E-state index >= 15 is 0 Å². The lowest BCUT2D eigenvalue weighted by Gasteiger charge is -2.32. The van der Waals surface area contributed by atoms with Gasteiger partial charge in [-0.05, 0) is 31.0 Å². The van der Waals surface area contributed by atoms with Crippen molar-refractivity contribution in [2.24, 2.45) is 0 Å². The summed E-state index contributed by atoms with van der Waals surface area (Å²) >= 11 is 0. The minimum atomic E-state index is -3.39. The van der Waals surface area contributed by atoms with Gasteiger partial charge in [-0.3, -0.25) is 4.79 Å². The molecule has 2 saturated heterocycles. The molecule has 2 heterocycles. The molecule has 2 fully saturated rings. The summed E-state index contributed by atoms with van der Waals surface area (Å²) in [4.78, 5) is 14.5. The van der Waals surface area contributed by atoms with E-state index in [4.69, 9.17) is 10.00 Å². The quantitative estimate of drug-likeness (QED) is 0.855. The second-order valence-corrected chi connectivity index (χ2v) is 7.97. The number of nitrogens with zero attached hydrogens (tertiary/aromatic N) is 2. The molecule has 1 aromatic carbocycles. The molecular formula is C16H19N3O4S. The van der Waals surface area contributed by atoms with Crippen molar-refractivity contribution in [1.29, 1.82) is 5.26 Å². The SMILES string of the molecule is CS(=O)(=O)N[C@H]1CN(C(=O)c2cccc(C#N)c2)[C@@H]2CCCO[C@H]12. The van der Waals surface area contributed by atoms with Gasteiger partial charge >= 0.3 is 0 Å². The maximum atomic E-state index is 12.9. The van der Waals surface area contributed by atoms with Crippen molar-refractivity contribution in [3.05, 3.63) is 35.4 Å². The predicted octanol–water partition coefficient (Wildman–Crippen LogP) is 0.479. The molecule has 2 aliphatic heterocycles. The van der Waals surface area contributed by atoms with Crippen LogP contribution in [-0.4, -0.2) is 56.8 Å². The number of likely N-dealkylation sites (tertiary alicyclic amines) is 1. The Morgan fingerprint density at radius 3 is 2.96 bits per heavy atom. The molecule has 0 aliphatic carbocycles. The molecule has 128 valence electrons. The van der Waals surface area contributed by atoms with Crippen molar-refractivity contribution in [1.82, 2.24) is 9.62 Å². The van der Waals surface area contributed by atoms with Gasteiger partial charge in [0.1, 0.15) is 0 Å². The minimum Gasteiger partial charge on any atom is -0.374 e. The van der Waals surface area contributed by atoms with Crippen LogP contribution < -0.4 is 4.72 Å². The molecule has 2 aliphatic rings. The number of fused-ring (bicyclic) bond motifs is 1. The van der Waals surface area contributed by atoms with E-state index in [0.717, 1.165) is 19.1 Å². The zero-order valence-electron chi connectivity index (χ0n) is 13.3. The van der Waals surface area contributed by atoms with Crippen LogP contribution in [0.25, 0.3) is 0 Å². The summed E-state index contributed by atoms with van der Waals surface area (Å²) in [6, 6.07) is 7.94. The van der Waals surface area contributed by atoms with E-state index in [1.165, 1.54) is 0 Å². The summed E-state index contributed by atoms with van der Waals surface area (Å²) < 4.78 is 31.5. The van der Waals surface area contributed by atoms with Crippen LogP contribution in [0.3, 0.4) is 0 Å². The number of nitriles is 1. The van der Waals surface area contributed by atoms with Crippen molar-refractivity contribution in [2.75, 3.05) is 19.4 Å². The number of nitrogens with one attached hydrogen (secondary N) is 1. The summed E-state index contributed by atoms with van der Waals surface area (Å²) in [6.45, 7) is 0.826. The first kappa shape index (κ1) is 16.9. The van der Waals surface area contributed by atoms with Gasteiger partial charge in [-0.15, -0.1) is 0 Å². The zero-order valence-corrected chi connectivity index (χ0v) is 14.1. The molecule has 0 spiro atoms. The van der Waals surface area contributed by atoms with Crippen LogP contribution in [0.2, 0.25) is 0 Å². The second kappa shape index (κ2) is 6.51. The van der Waals surface area contributed by atoms with E-state index < -0.39 is 16.1 Å². The average Bonchev–Trinajstić information content (AvgIpc) is 2.91. The number of ether oxygens (including phenoxy) is 1. The van der Waals surface area contributed by atoms with E-state index in [1.807, 2.05) is 6.07 Å². The molecule has 1 N–H and O–H groups in total. The topological polar surface area (TPSA) is 99.5 Å². The Morgan fingerprint density at radius 1 is 1.46 bits per heavy atom. The van der Waals surface area contributed by atoms with Crippen LogP contribution in [0.15, 0.2) is 24.3 Å². The van der Waals surface area contributed by atoms with Crippen LogP contribution in [0.4, 0.5) is 0 Å². The molecule has 1 aromatic rings. The lowest BCUT2D eigenvalue weighted by molar-refractivity contribution is -0.0156. The number of rotatable bonds is 3. The maximum Gasteiger partial charge on any atom is 0.254 e. The number of hydrogen-bond acceptors (Lipinski definition) is 5. The average molecular weight is 349 g/mol. The first-order chi connectivity index (χ1) is 11.4. The molecule has 0 saturated carbocycles. The molecule has 8 heteroatoms. The van der Waals surface area contributed by atoms with Gasteiger partial charge in [0, 0.05) is 18.7 Å². The summed E-state index contributed by atoms with van der Waals surface area (Å²) in [5.74, 6) is -0.203. The fraction of sp³-hybridized carbons (Fsp3) is 0.500. The molecule has 0 aromatic heterocycles. The van der Waals surface area contributed by atoms with E-state index in [0.29, 0.717) is 17.7 Å². The van der Waals surface area contributed by atoms with Gasteiger partial charge in [-0.1, -0.05) is 6.07 Å². The summed E-state index contributed by atoms with van der Waals surface area (Å²) in [5.41, 5.74) is 0.848. The van der Waals surface area contributed by atoms with E-state index in [1.54, 1.807) is 29.2 Å². The zero-order chi connectivity index (χ0) is 17.3. The number of hydrogen-bond donors (Lipinski definition) is 1. The first-order valence-electron chi connectivity index (χ1n) is 7.79. The van der Waals surface area contributed by atoms with Crippen LogP contribution in [-0.2, 0) is 14.8 Å². The maximum absolute atomic E-state index is 12.9. The highest BCUT2D eigenvalue weighted by molar-refractivity contribution is 7.88. The number of amides is 1. The fourth-order valence-electron chi connectivity index (χ4n) is 3.46. The highest BCUT2D eigenvalue weighted by Gasteiger charge is 2.47. The second-order valence-electron chi connectivity index (χ2n) is 6.19. The lowest BCUT2D eigenvalue weighted by atomic mass is 10.0. The van der Waals surface area contributed by atoms with Gasteiger partial charge in [0.15, 0.2) is 0 Å². The molecule has 3 rings (SSSR count). The largest absolute Gasteiger partial charge is 0.374 e. The van der Waals surface area contributed by atoms with E-state index in [-0.39, 0.29) is 24.6 Å². The molecule has 0 bridgehead atoms. The smallest absolute Gasteiger partial charge is 0.254 e. The summed E-state index contributed by atoms with van der Waals surface area (Å²) in [5, 5.41) is 8.99. The number of carbonyl (C=O) groups is 1. The van der Waals surface area contributed by atoms with Crippen molar-refractivity contribution in [3.8, 4) is 6.07 Å². The fourth-order valence-corrected chi connectivity index (χ4v) is 4.21. The third-order valence-electron chi connectivity index (χ3n) is 4.39. The lowest BCUT2D eigenvalue weighted by Crippen LogP contribution is -2.47. The Bertz CT molecular complexity index is 787. The molecule has 1 amide bonds. The Balaban J connectivity index is 1.86. The van der Waals surface area contributed by atoms with Gasteiger partial charge in [0.05, 0.1) is 36.1 Å². The molecule has 0 unspecified atom stereocenters. The van der Waals surface area contributed by atoms with Gasteiger partial charge in [-0.25, -0.2) is 13.1 Å². The van der Waals surface area contributed by atoms with Crippen LogP contribution in [0.5, 0.6) is 0 Å². The Morgan fingerprint density at radius 2 is 2.25 bits per heavy atom. The summed E-state index contributed by atoms with van der Waals surface area (Å²) in [7, 11) is -3.39. The van der Waals surface area contributed by atoms with Crippen molar-refractivity contribution in [2.45, 2.75) is 31.0 Å². The van der Waals surface area contributed by atoms with E-state index in [9.17, 15) is 13.2 Å². The predicted molar refractivity (Wildman–Crippen MR) is 86.7 cm³/mol. The molecule has 7 nitrogen and oxygen atoms in total. The van der Waals surface area contributed by atoms with Crippen molar-refractivity contribution in [3.63, 3.8) is 0 Å². The standard InChI is InChI=1S/C16H19N3O4S/c1-24(21,22)18-13-10-19(14-6-3-7-23-15(13)14)16(20)12-5-2-4-11(8-12)9-17/h2,4-5,8,13-15,18H,3,6-7,10H2,1H3/t13-,14+,15+/m0/s1. The van der Waals surface area contributed by atoms with Gasteiger partial charge in [-0.2, -0.15) is 5.26 Å². The highest BCUT2D eigenvalue weighted by Crippen LogP contribution is 2.30. The van der Waals surface area contributed by atoms with Crippen molar-refractivity contribution >= 4 is 15.9 Å². The Kier molecular flexibility index (Phi) is 4.58. The van der Waals surface area contributed by atoms with Crippen molar-refractivity contribution < 1.29 is 17.9 Å². The number of sulfonamides is 1. The molecular weight excluding hydrogens is 330 g/mol. The minimum absolute atomic E-state index is 0.156. The summed E-state index contributed by atoms with van der Waals surface area (Å²) in [6.07, 6.45) is 2.37. The third-order valence-corrected chi connectivity index (χ3v) is 5.12. The Labute approximate surface area is 141 Å². The van der Waals surface area contributed by atoms with E-state index in [2.05, 4.69) is 4.72 Å². The normalized spacial score (nSPS) is 26.7. The molecule has 3 atom stereocenters.